The Morgan fingerprint density at radius 2 is 1.87 bits per heavy atom. The third-order valence-corrected chi connectivity index (χ3v) is 8.49. The molecule has 0 bridgehead atoms. The van der Waals surface area contributed by atoms with Gasteiger partial charge in [0.15, 0.2) is 0 Å². The van der Waals surface area contributed by atoms with Crippen molar-refractivity contribution in [3.8, 4) is 0 Å². The summed E-state index contributed by atoms with van der Waals surface area (Å²) < 4.78 is 6.28. The van der Waals surface area contributed by atoms with Crippen LogP contribution >= 0.6 is 0 Å². The summed E-state index contributed by atoms with van der Waals surface area (Å²) in [6, 6.07) is 11.5. The minimum absolute atomic E-state index is 0.185. The molecule has 1 heterocycles. The largest absolute Gasteiger partial charge is 0.481 e. The maximum absolute atomic E-state index is 11.6. The molecule has 3 saturated carbocycles. The SMILES string of the molecule is O=C(O)C1(CN2CCC(CN[C@@H]3C[C@@H]3c3ccccc3)(COCC3CCC3)CC2)CC1. The van der Waals surface area contributed by atoms with Crippen molar-refractivity contribution in [1.29, 1.82) is 0 Å². The van der Waals surface area contributed by atoms with Gasteiger partial charge in [0.2, 0.25) is 0 Å². The number of carboxylic acids is 1. The zero-order valence-corrected chi connectivity index (χ0v) is 18.7. The number of ether oxygens (including phenoxy) is 1. The molecule has 5 rings (SSSR count). The van der Waals surface area contributed by atoms with Crippen LogP contribution in [0.5, 0.6) is 0 Å². The maximum atomic E-state index is 11.6. The van der Waals surface area contributed by atoms with Crippen molar-refractivity contribution < 1.29 is 14.6 Å². The third-order valence-electron chi connectivity index (χ3n) is 8.49. The Bertz CT molecular complexity index is 751. The van der Waals surface area contributed by atoms with Gasteiger partial charge in [0.1, 0.15) is 0 Å². The number of piperidine rings is 1. The Morgan fingerprint density at radius 1 is 1.13 bits per heavy atom. The molecule has 0 aromatic heterocycles. The molecule has 0 radical (unpaired) electrons. The number of carbonyl (C=O) groups is 1. The second kappa shape index (κ2) is 8.84. The lowest BCUT2D eigenvalue weighted by atomic mass is 9.78. The molecule has 0 amide bonds. The van der Waals surface area contributed by atoms with E-state index in [4.69, 9.17) is 4.74 Å². The summed E-state index contributed by atoms with van der Waals surface area (Å²) in [4.78, 5) is 14.0. The van der Waals surface area contributed by atoms with Crippen molar-refractivity contribution in [3.05, 3.63) is 35.9 Å². The lowest BCUT2D eigenvalue weighted by Gasteiger charge is -2.43. The van der Waals surface area contributed by atoms with E-state index < -0.39 is 11.4 Å². The van der Waals surface area contributed by atoms with Gasteiger partial charge in [-0.1, -0.05) is 36.8 Å². The highest BCUT2D eigenvalue weighted by molar-refractivity contribution is 5.78. The number of benzene rings is 1. The predicted octanol–water partition coefficient (Wildman–Crippen LogP) is 3.90. The van der Waals surface area contributed by atoms with Crippen LogP contribution in [0.25, 0.3) is 0 Å². The summed E-state index contributed by atoms with van der Waals surface area (Å²) in [5, 5.41) is 13.4. The molecule has 1 aromatic rings. The molecule has 4 fully saturated rings. The minimum Gasteiger partial charge on any atom is -0.481 e. The molecular weight excluding hydrogens is 388 g/mol. The number of nitrogens with one attached hydrogen (secondary N) is 1. The first-order valence-electron chi connectivity index (χ1n) is 12.4. The minimum atomic E-state index is -0.601. The summed E-state index contributed by atoms with van der Waals surface area (Å²) in [6.07, 6.45) is 9.15. The van der Waals surface area contributed by atoms with Crippen LogP contribution in [-0.2, 0) is 9.53 Å². The first-order chi connectivity index (χ1) is 15.1. The third kappa shape index (κ3) is 4.99. The van der Waals surface area contributed by atoms with Crippen molar-refractivity contribution in [1.82, 2.24) is 10.2 Å². The molecule has 0 unspecified atom stereocenters. The molecule has 5 nitrogen and oxygen atoms in total. The second-order valence-electron chi connectivity index (χ2n) is 10.9. The van der Waals surface area contributed by atoms with E-state index in [2.05, 4.69) is 40.5 Å². The fourth-order valence-electron chi connectivity index (χ4n) is 5.51. The van der Waals surface area contributed by atoms with Gasteiger partial charge in [-0.05, 0) is 69.5 Å². The van der Waals surface area contributed by atoms with Crippen LogP contribution < -0.4 is 5.32 Å². The zero-order valence-electron chi connectivity index (χ0n) is 18.7. The van der Waals surface area contributed by atoms with Gasteiger partial charge in [-0.15, -0.1) is 0 Å². The van der Waals surface area contributed by atoms with E-state index in [9.17, 15) is 9.90 Å². The lowest BCUT2D eigenvalue weighted by Crippen LogP contribution is -2.50. The number of likely N-dealkylation sites (tertiary alicyclic amines) is 1. The fourth-order valence-corrected chi connectivity index (χ4v) is 5.51. The Hall–Kier alpha value is -1.43. The van der Waals surface area contributed by atoms with E-state index in [1.807, 2.05) is 0 Å². The van der Waals surface area contributed by atoms with Crippen LogP contribution in [0.1, 0.15) is 62.8 Å². The normalized spacial score (nSPS) is 29.3. The van der Waals surface area contributed by atoms with Crippen molar-refractivity contribution in [2.75, 3.05) is 39.4 Å². The van der Waals surface area contributed by atoms with E-state index >= 15 is 0 Å². The summed E-state index contributed by atoms with van der Waals surface area (Å²) in [5.74, 6) is 0.830. The summed E-state index contributed by atoms with van der Waals surface area (Å²) in [5.41, 5.74) is 1.19. The summed E-state index contributed by atoms with van der Waals surface area (Å²) in [6.45, 7) is 5.50. The predicted molar refractivity (Wildman–Crippen MR) is 121 cm³/mol. The molecule has 3 aliphatic carbocycles. The molecule has 2 atom stereocenters. The molecule has 2 N–H and O–H groups in total. The molecule has 170 valence electrons. The van der Waals surface area contributed by atoms with Crippen molar-refractivity contribution >= 4 is 5.97 Å². The maximum Gasteiger partial charge on any atom is 0.310 e. The summed E-state index contributed by atoms with van der Waals surface area (Å²) >= 11 is 0. The number of rotatable bonds is 11. The quantitative estimate of drug-likeness (QED) is 0.562. The number of nitrogens with zero attached hydrogens (tertiary/aromatic N) is 1. The zero-order chi connectivity index (χ0) is 21.3. The highest BCUT2D eigenvalue weighted by Gasteiger charge is 2.52. The van der Waals surface area contributed by atoms with Gasteiger partial charge in [0, 0.05) is 37.1 Å². The van der Waals surface area contributed by atoms with Crippen LogP contribution in [0.15, 0.2) is 30.3 Å². The lowest BCUT2D eigenvalue weighted by molar-refractivity contribution is -0.144. The Labute approximate surface area is 186 Å². The van der Waals surface area contributed by atoms with Crippen LogP contribution in [0, 0.1) is 16.7 Å². The van der Waals surface area contributed by atoms with Gasteiger partial charge in [-0.25, -0.2) is 0 Å². The van der Waals surface area contributed by atoms with Crippen LogP contribution in [0.3, 0.4) is 0 Å². The standard InChI is InChI=1S/C26H38N2O3/c29-24(30)26(9-10-26)18-28-13-11-25(12-14-28,19-31-16-20-5-4-6-20)17-27-23-15-22(23)21-7-2-1-3-8-21/h1-3,7-8,20,22-23,27H,4-6,9-19H2,(H,29,30)/t22-,23-/m1/s1. The average Bonchev–Trinajstić information content (AvgIpc) is 3.67. The van der Waals surface area contributed by atoms with E-state index in [0.29, 0.717) is 12.0 Å². The number of carboxylic acid groups (broad SMARTS) is 1. The highest BCUT2D eigenvalue weighted by Crippen LogP contribution is 2.47. The molecule has 4 aliphatic rings. The van der Waals surface area contributed by atoms with Crippen LogP contribution in [-0.4, -0.2) is 61.4 Å². The van der Waals surface area contributed by atoms with Gasteiger partial charge in [-0.2, -0.15) is 0 Å². The monoisotopic (exact) mass is 426 g/mol. The Morgan fingerprint density at radius 3 is 2.48 bits per heavy atom. The van der Waals surface area contributed by atoms with Crippen LogP contribution in [0.2, 0.25) is 0 Å². The molecule has 1 saturated heterocycles. The Balaban J connectivity index is 1.14. The second-order valence-corrected chi connectivity index (χ2v) is 10.9. The topological polar surface area (TPSA) is 61.8 Å². The number of hydrogen-bond acceptors (Lipinski definition) is 4. The smallest absolute Gasteiger partial charge is 0.310 e. The average molecular weight is 427 g/mol. The first-order valence-corrected chi connectivity index (χ1v) is 12.4. The number of hydrogen-bond donors (Lipinski definition) is 2. The van der Waals surface area contributed by atoms with Gasteiger partial charge < -0.3 is 20.1 Å². The van der Waals surface area contributed by atoms with Crippen molar-refractivity contribution in [2.24, 2.45) is 16.7 Å². The molecule has 0 spiro atoms. The molecular formula is C26H38N2O3. The number of aliphatic carboxylic acids is 1. The molecule has 31 heavy (non-hydrogen) atoms. The van der Waals surface area contributed by atoms with Gasteiger partial charge in [0.05, 0.1) is 12.0 Å². The van der Waals surface area contributed by atoms with E-state index in [1.165, 1.54) is 31.2 Å². The van der Waals surface area contributed by atoms with Gasteiger partial charge in [0.25, 0.3) is 0 Å². The van der Waals surface area contributed by atoms with E-state index in [0.717, 1.165) is 71.0 Å². The van der Waals surface area contributed by atoms with Crippen LogP contribution in [0.4, 0.5) is 0 Å². The Kier molecular flexibility index (Phi) is 6.11. The summed E-state index contributed by atoms with van der Waals surface area (Å²) in [7, 11) is 0. The van der Waals surface area contributed by atoms with Crippen molar-refractivity contribution in [3.63, 3.8) is 0 Å². The molecule has 1 aliphatic heterocycles. The first kappa shape index (κ1) is 21.4. The van der Waals surface area contributed by atoms with Crippen molar-refractivity contribution in [2.45, 2.75) is 63.3 Å². The van der Waals surface area contributed by atoms with Gasteiger partial charge in [-0.3, -0.25) is 4.79 Å². The fraction of sp³-hybridized carbons (Fsp3) is 0.731. The van der Waals surface area contributed by atoms with E-state index in [1.54, 1.807) is 0 Å². The van der Waals surface area contributed by atoms with Gasteiger partial charge >= 0.3 is 5.97 Å². The molecule has 1 aromatic carbocycles. The highest BCUT2D eigenvalue weighted by atomic mass is 16.5. The van der Waals surface area contributed by atoms with E-state index in [-0.39, 0.29) is 5.41 Å². The molecule has 5 heteroatoms.